The van der Waals surface area contributed by atoms with E-state index in [4.69, 9.17) is 0 Å². The molecule has 3 aliphatic rings. The molecule has 0 bridgehead atoms. The van der Waals surface area contributed by atoms with Crippen LogP contribution in [-0.4, -0.2) is 0 Å². The monoisotopic (exact) mass is 885 g/mol. The van der Waals surface area contributed by atoms with Crippen LogP contribution < -0.4 is 4.90 Å². The number of nitrogens with zero attached hydrogens (tertiary/aromatic N) is 1. The third-order valence-corrected chi connectivity index (χ3v) is 14.9. The van der Waals surface area contributed by atoms with E-state index in [-0.39, 0.29) is 0 Å². The van der Waals surface area contributed by atoms with E-state index in [2.05, 4.69) is 248 Å². The smallest absolute Gasteiger partial charge is 0.0546 e. The van der Waals surface area contributed by atoms with Crippen LogP contribution in [0, 0.1) is 11.8 Å². The van der Waals surface area contributed by atoms with Crippen molar-refractivity contribution in [3.8, 4) is 22.3 Å². The zero-order chi connectivity index (χ0) is 46.3. The fraction of sp³-hybridized carbons (Fsp3) is 0.118. The van der Waals surface area contributed by atoms with Crippen LogP contribution in [0.2, 0.25) is 0 Å². The Kier molecular flexibility index (Phi) is 11.2. The first kappa shape index (κ1) is 42.4. The fourth-order valence-corrected chi connectivity index (χ4v) is 12.0. The van der Waals surface area contributed by atoms with Crippen molar-refractivity contribution in [3.05, 3.63) is 265 Å². The minimum atomic E-state index is 0.391. The van der Waals surface area contributed by atoms with Gasteiger partial charge in [-0.1, -0.05) is 232 Å². The largest absolute Gasteiger partial charge is 0.310 e. The maximum atomic E-state index is 2.53. The van der Waals surface area contributed by atoms with Crippen molar-refractivity contribution >= 4 is 65.7 Å². The van der Waals surface area contributed by atoms with Crippen LogP contribution in [-0.2, 0) is 0 Å². The molecule has 332 valence electrons. The predicted molar refractivity (Wildman–Crippen MR) is 297 cm³/mol. The molecule has 3 aliphatic carbocycles. The first-order chi connectivity index (χ1) is 34.3. The van der Waals surface area contributed by atoms with Crippen LogP contribution >= 0.6 is 0 Å². The zero-order valence-corrected chi connectivity index (χ0v) is 39.4. The van der Waals surface area contributed by atoms with Crippen LogP contribution in [0.15, 0.2) is 248 Å². The van der Waals surface area contributed by atoms with Crippen LogP contribution in [0.5, 0.6) is 0 Å². The Balaban J connectivity index is 0.00000243. The standard InChI is InChI=1S/C66H49N.C2H6/c1-3-19-44(20-4-1)63-54-27-11-15-31-58(54)65(59-32-16-12-28-55(59)63)46-35-39-49(40-36-46)67(62-43-48-23-7-8-24-51(48)52-25-9-10-26-53(52)62)50-41-37-47(38-42-50)66-60-33-17-13-29-56(60)64(45-21-5-2-6-22-45)57-30-14-18-34-61(57)66;1-2/h1-17,19-21,23-33,35-43,45,57,64H,18,22,34H2;1-2H3. The van der Waals surface area contributed by atoms with Crippen LogP contribution in [0.1, 0.15) is 55.7 Å². The Morgan fingerprint density at radius 2 is 0.971 bits per heavy atom. The van der Waals surface area contributed by atoms with Crippen molar-refractivity contribution in [2.45, 2.75) is 39.0 Å². The lowest BCUT2D eigenvalue weighted by molar-refractivity contribution is 0.421. The fourth-order valence-electron chi connectivity index (χ4n) is 12.0. The Hall–Kier alpha value is -8.00. The Labute approximate surface area is 406 Å². The highest BCUT2D eigenvalue weighted by Crippen LogP contribution is 2.53. The topological polar surface area (TPSA) is 3.24 Å². The van der Waals surface area contributed by atoms with Crippen molar-refractivity contribution in [1.82, 2.24) is 0 Å². The number of benzene rings is 10. The summed E-state index contributed by atoms with van der Waals surface area (Å²) in [6.45, 7) is 4.00. The van der Waals surface area contributed by atoms with E-state index in [1.807, 2.05) is 13.8 Å². The van der Waals surface area contributed by atoms with E-state index in [9.17, 15) is 0 Å². The van der Waals surface area contributed by atoms with Gasteiger partial charge in [-0.25, -0.2) is 0 Å². The van der Waals surface area contributed by atoms with E-state index in [0.717, 1.165) is 36.3 Å². The summed E-state index contributed by atoms with van der Waals surface area (Å²) in [5.74, 6) is 1.31. The molecule has 1 heteroatoms. The van der Waals surface area contributed by atoms with Gasteiger partial charge in [-0.15, -0.1) is 0 Å². The summed E-state index contributed by atoms with van der Waals surface area (Å²) < 4.78 is 0. The molecule has 10 aromatic carbocycles. The lowest BCUT2D eigenvalue weighted by Crippen LogP contribution is -2.28. The lowest BCUT2D eigenvalue weighted by atomic mass is 9.62. The zero-order valence-electron chi connectivity index (χ0n) is 39.4. The Morgan fingerprint density at radius 1 is 0.435 bits per heavy atom. The lowest BCUT2D eigenvalue weighted by Gasteiger charge is -2.41. The summed E-state index contributed by atoms with van der Waals surface area (Å²) in [4.78, 5) is 2.48. The van der Waals surface area contributed by atoms with Crippen molar-refractivity contribution in [2.24, 2.45) is 11.8 Å². The van der Waals surface area contributed by atoms with Gasteiger partial charge in [-0.05, 0) is 138 Å². The van der Waals surface area contributed by atoms with Crippen LogP contribution in [0.25, 0.3) is 70.9 Å². The van der Waals surface area contributed by atoms with Gasteiger partial charge in [-0.2, -0.15) is 0 Å². The summed E-state index contributed by atoms with van der Waals surface area (Å²) in [5, 5.41) is 10.0. The SMILES string of the molecule is C1=CCC(C2c3ccccc3C(c3ccc(N(c4ccc(-c5c6ccccc6c(-c6ccccc6)c6ccccc56)cc4)c4cc5ccccc5c5ccccc45)cc3)=C3CCC=CC32)C=C1.CC. The molecule has 0 radical (unpaired) electrons. The molecule has 0 aliphatic heterocycles. The van der Waals surface area contributed by atoms with Crippen molar-refractivity contribution in [1.29, 1.82) is 0 Å². The maximum absolute atomic E-state index is 2.53. The second-order valence-electron chi connectivity index (χ2n) is 18.5. The van der Waals surface area contributed by atoms with Gasteiger partial charge < -0.3 is 4.90 Å². The molecule has 0 saturated carbocycles. The molecule has 0 spiro atoms. The minimum Gasteiger partial charge on any atom is -0.310 e. The van der Waals surface area contributed by atoms with Gasteiger partial charge in [-0.3, -0.25) is 0 Å². The molecule has 3 atom stereocenters. The number of fused-ring (bicyclic) bond motifs is 7. The second-order valence-corrected chi connectivity index (χ2v) is 18.5. The van der Waals surface area contributed by atoms with E-state index >= 15 is 0 Å². The van der Waals surface area contributed by atoms with Gasteiger partial charge in [0.25, 0.3) is 0 Å². The van der Waals surface area contributed by atoms with E-state index in [1.54, 1.807) is 5.57 Å². The van der Waals surface area contributed by atoms with Gasteiger partial charge in [0.15, 0.2) is 0 Å². The quantitative estimate of drug-likeness (QED) is 0.0876. The summed E-state index contributed by atoms with van der Waals surface area (Å²) >= 11 is 0. The Morgan fingerprint density at radius 3 is 1.61 bits per heavy atom. The second kappa shape index (κ2) is 18.2. The van der Waals surface area contributed by atoms with Crippen LogP contribution in [0.3, 0.4) is 0 Å². The van der Waals surface area contributed by atoms with Gasteiger partial charge in [0.05, 0.1) is 5.69 Å². The highest BCUT2D eigenvalue weighted by atomic mass is 15.1. The molecule has 69 heavy (non-hydrogen) atoms. The first-order valence-corrected chi connectivity index (χ1v) is 25.0. The van der Waals surface area contributed by atoms with Gasteiger partial charge in [0, 0.05) is 28.6 Å². The van der Waals surface area contributed by atoms with E-state index < -0.39 is 0 Å². The normalized spacial score (nSPS) is 17.2. The third-order valence-electron chi connectivity index (χ3n) is 14.9. The Bertz CT molecular complexity index is 3600. The maximum Gasteiger partial charge on any atom is 0.0546 e. The highest BCUT2D eigenvalue weighted by molar-refractivity contribution is 6.21. The molecule has 0 amide bonds. The third kappa shape index (κ3) is 7.32. The van der Waals surface area contributed by atoms with Crippen molar-refractivity contribution < 1.29 is 0 Å². The summed E-state index contributed by atoms with van der Waals surface area (Å²) in [7, 11) is 0. The average molecular weight is 886 g/mol. The number of hydrogen-bond donors (Lipinski definition) is 0. The predicted octanol–water partition coefficient (Wildman–Crippen LogP) is 19.1. The number of allylic oxidation sites excluding steroid dienone is 7. The average Bonchev–Trinajstić information content (AvgIpc) is 3.43. The molecule has 1 nitrogen and oxygen atoms in total. The highest BCUT2D eigenvalue weighted by Gasteiger charge is 2.38. The van der Waals surface area contributed by atoms with Crippen LogP contribution in [0.4, 0.5) is 17.1 Å². The van der Waals surface area contributed by atoms with Gasteiger partial charge in [0.2, 0.25) is 0 Å². The molecule has 10 aromatic rings. The van der Waals surface area contributed by atoms with Gasteiger partial charge in [0.1, 0.15) is 0 Å². The summed E-state index contributed by atoms with van der Waals surface area (Å²) in [6, 6.07) is 76.9. The number of rotatable bonds is 7. The minimum absolute atomic E-state index is 0.391. The molecular weight excluding hydrogens is 831 g/mol. The summed E-state index contributed by atoms with van der Waals surface area (Å²) in [5.41, 5.74) is 15.6. The van der Waals surface area contributed by atoms with Gasteiger partial charge >= 0.3 is 0 Å². The summed E-state index contributed by atoms with van der Waals surface area (Å²) in [6.07, 6.45) is 17.5. The molecule has 3 unspecified atom stereocenters. The number of hydrogen-bond acceptors (Lipinski definition) is 1. The molecule has 0 N–H and O–H groups in total. The molecule has 0 aromatic heterocycles. The molecular formula is C68H55N. The molecule has 0 heterocycles. The first-order valence-electron chi connectivity index (χ1n) is 25.0. The molecule has 0 saturated heterocycles. The number of anilines is 3. The molecule has 0 fully saturated rings. The van der Waals surface area contributed by atoms with Crippen molar-refractivity contribution in [2.75, 3.05) is 4.90 Å². The van der Waals surface area contributed by atoms with Crippen molar-refractivity contribution in [3.63, 3.8) is 0 Å². The van der Waals surface area contributed by atoms with E-state index in [1.165, 1.54) is 87.6 Å². The molecule has 13 rings (SSSR count). The van der Waals surface area contributed by atoms with E-state index in [0.29, 0.717) is 17.8 Å².